The van der Waals surface area contributed by atoms with Crippen molar-refractivity contribution < 1.29 is 28.5 Å². The van der Waals surface area contributed by atoms with Gasteiger partial charge in [0.1, 0.15) is 23.0 Å². The maximum Gasteiger partial charge on any atom is 0.343 e. The number of ether oxygens (including phenoxy) is 4. The van der Waals surface area contributed by atoms with Crippen LogP contribution in [-0.2, 0) is 0 Å². The molecule has 4 rings (SSSR count). The summed E-state index contributed by atoms with van der Waals surface area (Å²) in [5.41, 5.74) is 1.97. The Morgan fingerprint density at radius 1 is 1.06 bits per heavy atom. The molecule has 0 spiro atoms. The molecule has 0 unspecified atom stereocenters. The Morgan fingerprint density at radius 3 is 2.45 bits per heavy atom. The number of nitrogens with zero attached hydrogens (tertiary/aromatic N) is 1. The van der Waals surface area contributed by atoms with E-state index in [0.29, 0.717) is 34.1 Å². The maximum absolute atomic E-state index is 12.7. The lowest BCUT2D eigenvalue weighted by molar-refractivity contribution is 0.0732. The predicted octanol–water partition coefficient (Wildman–Crippen LogP) is 4.24. The maximum atomic E-state index is 12.7. The summed E-state index contributed by atoms with van der Waals surface area (Å²) in [6, 6.07) is 11.5. The van der Waals surface area contributed by atoms with Crippen molar-refractivity contribution in [1.29, 1.82) is 0 Å². The number of Topliss-reactive ketones (excluding diaryl/α,β-unsaturated/α-hetero) is 1. The van der Waals surface area contributed by atoms with Crippen molar-refractivity contribution in [2.24, 2.45) is 0 Å². The van der Waals surface area contributed by atoms with Crippen molar-refractivity contribution in [3.05, 3.63) is 82.9 Å². The molecule has 0 fully saturated rings. The Morgan fingerprint density at radius 2 is 1.81 bits per heavy atom. The molecule has 2 heterocycles. The topological polar surface area (TPSA) is 84.0 Å². The summed E-state index contributed by atoms with van der Waals surface area (Å²) >= 11 is 0. The first-order chi connectivity index (χ1) is 15.0. The molecule has 0 saturated heterocycles. The Balaban J connectivity index is 1.61. The lowest BCUT2D eigenvalue weighted by Crippen LogP contribution is -2.10. The van der Waals surface area contributed by atoms with Crippen molar-refractivity contribution in [2.45, 2.75) is 6.92 Å². The summed E-state index contributed by atoms with van der Waals surface area (Å²) in [4.78, 5) is 29.4. The highest BCUT2D eigenvalue weighted by Gasteiger charge is 2.30. The number of rotatable bonds is 5. The van der Waals surface area contributed by atoms with E-state index in [2.05, 4.69) is 4.98 Å². The number of hydrogen-bond donors (Lipinski definition) is 0. The first kappa shape index (κ1) is 20.2. The summed E-state index contributed by atoms with van der Waals surface area (Å²) < 4.78 is 21.8. The molecular formula is C24H19NO6. The second-order valence-corrected chi connectivity index (χ2v) is 6.78. The number of esters is 1. The van der Waals surface area contributed by atoms with Gasteiger partial charge in [0.05, 0.1) is 25.3 Å². The van der Waals surface area contributed by atoms with Crippen LogP contribution in [0.4, 0.5) is 0 Å². The third-order valence-electron chi connectivity index (χ3n) is 4.81. The van der Waals surface area contributed by atoms with Gasteiger partial charge in [0.25, 0.3) is 0 Å². The van der Waals surface area contributed by atoms with Gasteiger partial charge in [-0.1, -0.05) is 6.07 Å². The van der Waals surface area contributed by atoms with E-state index in [9.17, 15) is 9.59 Å². The van der Waals surface area contributed by atoms with Crippen LogP contribution >= 0.6 is 0 Å². The average Bonchev–Trinajstić information content (AvgIpc) is 3.11. The molecule has 156 valence electrons. The first-order valence-corrected chi connectivity index (χ1v) is 9.43. The molecule has 0 N–H and O–H groups in total. The van der Waals surface area contributed by atoms with Gasteiger partial charge < -0.3 is 18.9 Å². The van der Waals surface area contributed by atoms with Crippen LogP contribution < -0.4 is 18.9 Å². The van der Waals surface area contributed by atoms with Gasteiger partial charge in [-0.25, -0.2) is 4.79 Å². The molecule has 2 aromatic carbocycles. The van der Waals surface area contributed by atoms with Crippen molar-refractivity contribution in [3.8, 4) is 23.0 Å². The summed E-state index contributed by atoms with van der Waals surface area (Å²) in [7, 11) is 3.00. The molecule has 7 nitrogen and oxygen atoms in total. The largest absolute Gasteiger partial charge is 0.497 e. The average molecular weight is 417 g/mol. The number of benzene rings is 2. The SMILES string of the molecule is COc1cc(OC)cc(C(=O)Oc2ccc3c(c2C)O/C(=C\c2cccnc2)C3=O)c1. The minimum Gasteiger partial charge on any atom is -0.497 e. The molecular weight excluding hydrogens is 398 g/mol. The molecule has 0 atom stereocenters. The second-order valence-electron chi connectivity index (χ2n) is 6.78. The summed E-state index contributed by atoms with van der Waals surface area (Å²) in [5.74, 6) is 0.960. The van der Waals surface area contributed by atoms with E-state index in [1.807, 2.05) is 6.07 Å². The van der Waals surface area contributed by atoms with Crippen LogP contribution in [-0.4, -0.2) is 31.0 Å². The van der Waals surface area contributed by atoms with E-state index in [1.54, 1.807) is 61.8 Å². The number of carbonyl (C=O) groups excluding carboxylic acids is 2. The van der Waals surface area contributed by atoms with E-state index in [0.717, 1.165) is 5.56 Å². The molecule has 0 saturated carbocycles. The zero-order chi connectivity index (χ0) is 22.0. The molecule has 1 aromatic heterocycles. The molecule has 7 heteroatoms. The van der Waals surface area contributed by atoms with E-state index < -0.39 is 5.97 Å². The fourth-order valence-corrected chi connectivity index (χ4v) is 3.18. The Labute approximate surface area is 178 Å². The molecule has 0 amide bonds. The molecule has 1 aliphatic heterocycles. The van der Waals surface area contributed by atoms with Crippen LogP contribution in [0.25, 0.3) is 6.08 Å². The molecule has 0 radical (unpaired) electrons. The number of aromatic nitrogens is 1. The normalized spacial score (nSPS) is 13.5. The molecule has 0 bridgehead atoms. The van der Waals surface area contributed by atoms with E-state index in [1.165, 1.54) is 14.2 Å². The number of methoxy groups -OCH3 is 2. The van der Waals surface area contributed by atoms with Gasteiger partial charge in [-0.2, -0.15) is 0 Å². The highest BCUT2D eigenvalue weighted by Crippen LogP contribution is 2.39. The zero-order valence-electron chi connectivity index (χ0n) is 17.2. The highest BCUT2D eigenvalue weighted by atomic mass is 16.5. The van der Waals surface area contributed by atoms with Crippen molar-refractivity contribution in [3.63, 3.8) is 0 Å². The van der Waals surface area contributed by atoms with E-state index in [4.69, 9.17) is 18.9 Å². The van der Waals surface area contributed by atoms with E-state index in [-0.39, 0.29) is 17.1 Å². The molecule has 31 heavy (non-hydrogen) atoms. The molecule has 0 aliphatic carbocycles. The second kappa shape index (κ2) is 8.31. The van der Waals surface area contributed by atoms with Gasteiger partial charge in [-0.05, 0) is 48.9 Å². The monoisotopic (exact) mass is 417 g/mol. The fraction of sp³-hybridized carbons (Fsp3) is 0.125. The van der Waals surface area contributed by atoms with Crippen LogP contribution in [0, 0.1) is 6.92 Å². The third-order valence-corrected chi connectivity index (χ3v) is 4.81. The van der Waals surface area contributed by atoms with Crippen LogP contribution in [0.2, 0.25) is 0 Å². The number of hydrogen-bond acceptors (Lipinski definition) is 7. The highest BCUT2D eigenvalue weighted by molar-refractivity contribution is 6.15. The minimum atomic E-state index is -0.587. The lowest BCUT2D eigenvalue weighted by Gasteiger charge is -2.11. The van der Waals surface area contributed by atoms with Crippen molar-refractivity contribution >= 4 is 17.8 Å². The Hall–Kier alpha value is -4.13. The summed E-state index contributed by atoms with van der Waals surface area (Å²) in [6.07, 6.45) is 4.91. The number of pyridine rings is 1. The van der Waals surface area contributed by atoms with Crippen molar-refractivity contribution in [1.82, 2.24) is 4.98 Å². The number of fused-ring (bicyclic) bond motifs is 1. The number of carbonyl (C=O) groups is 2. The van der Waals surface area contributed by atoms with Gasteiger partial charge in [-0.3, -0.25) is 9.78 Å². The number of ketones is 1. The zero-order valence-corrected chi connectivity index (χ0v) is 17.2. The Kier molecular flexibility index (Phi) is 5.41. The quantitative estimate of drug-likeness (QED) is 0.349. The lowest BCUT2D eigenvalue weighted by atomic mass is 10.1. The van der Waals surface area contributed by atoms with Gasteiger partial charge in [0.2, 0.25) is 5.78 Å². The first-order valence-electron chi connectivity index (χ1n) is 9.43. The van der Waals surface area contributed by atoms with Crippen LogP contribution in [0.5, 0.6) is 23.0 Å². The fourth-order valence-electron chi connectivity index (χ4n) is 3.18. The minimum absolute atomic E-state index is 0.187. The van der Waals surface area contributed by atoms with Crippen LogP contribution in [0.3, 0.4) is 0 Å². The predicted molar refractivity (Wildman–Crippen MR) is 113 cm³/mol. The van der Waals surface area contributed by atoms with Crippen molar-refractivity contribution in [2.75, 3.05) is 14.2 Å². The molecule has 3 aromatic rings. The Bertz CT molecular complexity index is 1180. The standard InChI is InChI=1S/C24H19NO6/c1-14-20(31-24(27)16-10-17(28-2)12-18(11-16)29-3)7-6-19-22(26)21(30-23(14)19)9-15-5-4-8-25-13-15/h4-13H,1-3H3/b21-9-. The van der Waals surface area contributed by atoms with Crippen LogP contribution in [0.1, 0.15) is 31.8 Å². The number of allylic oxidation sites excluding steroid dienone is 1. The van der Waals surface area contributed by atoms with E-state index >= 15 is 0 Å². The van der Waals surface area contributed by atoms with Gasteiger partial charge in [0, 0.05) is 24.0 Å². The van der Waals surface area contributed by atoms with Gasteiger partial charge >= 0.3 is 5.97 Å². The van der Waals surface area contributed by atoms with Crippen LogP contribution in [0.15, 0.2) is 60.6 Å². The summed E-state index contributed by atoms with van der Waals surface area (Å²) in [6.45, 7) is 1.73. The smallest absolute Gasteiger partial charge is 0.343 e. The molecule has 1 aliphatic rings. The third kappa shape index (κ3) is 3.98. The summed E-state index contributed by atoms with van der Waals surface area (Å²) in [5, 5.41) is 0. The van der Waals surface area contributed by atoms with Gasteiger partial charge in [0.15, 0.2) is 5.76 Å². The van der Waals surface area contributed by atoms with Gasteiger partial charge in [-0.15, -0.1) is 0 Å².